The lowest BCUT2D eigenvalue weighted by Gasteiger charge is -2.51. The molecule has 0 aliphatic carbocycles. The second-order valence-corrected chi connectivity index (χ2v) is 25.7. The van der Waals surface area contributed by atoms with Gasteiger partial charge in [0, 0.05) is 27.2 Å². The molecule has 7 aliphatic heterocycles. The highest BCUT2D eigenvalue weighted by Gasteiger charge is 2.61. The molecule has 0 aromatic rings. The van der Waals surface area contributed by atoms with Crippen LogP contribution < -0.4 is 16.0 Å². The maximum Gasteiger partial charge on any atom is 0.364 e. The summed E-state index contributed by atoms with van der Waals surface area (Å²) in [7, 11) is 0. The third-order valence-electron chi connectivity index (χ3n) is 18.3. The Morgan fingerprint density at radius 1 is 0.476 bits per heavy atom. The number of aliphatic hydroxyl groups excluding tert-OH is 23. The summed E-state index contributed by atoms with van der Waals surface area (Å²) in [5.41, 5.74) is 0. The number of hydrogen-bond acceptors (Lipinski definition) is 42. The SMILES string of the molecule is CC(=O)NC1C(OC2C(O)C(OC(C(O)CO)C(O)C(O)C=O)OC(COC3OC(CO)C(OC4OC(CO)C(O)C(O)C4O)C(OC4OC(C)C(O)C(O)C4O)C3NC(C)=O)[C@@H]2O)OC(CO)C(OC2OC(COC3(C(=O)O)CC(O)C(NC(C)=O)C(C(O)C(O)CO)O3)C(O)C(O)C2O)C1O. The first kappa shape index (κ1) is 86.3. The summed E-state index contributed by atoms with van der Waals surface area (Å²) < 4.78 is 82.0. The fourth-order valence-corrected chi connectivity index (χ4v) is 12.7. The molecule has 0 aromatic carbocycles. The zero-order valence-corrected chi connectivity index (χ0v) is 55.2. The standard InChI is InChI=1S/C57H95N3O43/c1-14-30(74)37(81)40(84)52(92-14)101-48-29(60-17(4)69)50(94-24(11-66)46(48)100-53-41(85)38(82)33(77)22(9-64)93-53)90-12-25-35(79)49(43(87)55(96-25)98-44(21(73)8-63)31(75)19(71)6-61)102-51-28(59-16(3)68)36(80)45(23(10-65)95-51)99-54-42(86)39(83)34(78)26(97-54)13-91-57(56(88)89)5-18(70)27(58-15(2)67)47(103-57)32(76)20(72)7-62/h6,14,18-55,62-66,70-87H,5,7-13H2,1-4H3,(H,58,67)(H,59,68)(H,60,69)(H,88,89)/t14?,18?,19?,20?,21?,22?,23?,24?,25?,26?,27?,28?,29?,30?,31?,32?,33?,34?,35-,36?,37?,38?,39?,40?,41?,42?,43?,44?,45?,46?,47?,48?,49?,50?,51?,52?,53?,54?,55?,57?/m0/s1. The predicted molar refractivity (Wildman–Crippen MR) is 316 cm³/mol. The van der Waals surface area contributed by atoms with Gasteiger partial charge in [-0.2, -0.15) is 0 Å². The second kappa shape index (κ2) is 37.5. The van der Waals surface area contributed by atoms with Gasteiger partial charge in [0.15, 0.2) is 44.0 Å². The van der Waals surface area contributed by atoms with Crippen LogP contribution in [0, 0.1) is 0 Å². The van der Waals surface area contributed by atoms with Crippen LogP contribution in [-0.4, -0.2) is 444 Å². The van der Waals surface area contributed by atoms with Crippen LogP contribution in [0.15, 0.2) is 0 Å². The summed E-state index contributed by atoms with van der Waals surface area (Å²) in [5.74, 6) is -7.90. The molecule has 46 nitrogen and oxygen atoms in total. The number of aldehydes is 1. The Bertz CT molecular complexity index is 2710. The third-order valence-corrected chi connectivity index (χ3v) is 18.3. The van der Waals surface area contributed by atoms with Crippen LogP contribution in [0.3, 0.4) is 0 Å². The van der Waals surface area contributed by atoms with Crippen molar-refractivity contribution in [2.75, 3.05) is 46.2 Å². The van der Waals surface area contributed by atoms with Crippen molar-refractivity contribution >= 4 is 30.0 Å². The van der Waals surface area contributed by atoms with E-state index in [1.54, 1.807) is 0 Å². The summed E-state index contributed by atoms with van der Waals surface area (Å²) in [4.78, 5) is 62.9. The number of carbonyl (C=O) groups excluding carboxylic acids is 4. The molecule has 7 saturated heterocycles. The van der Waals surface area contributed by atoms with E-state index in [0.717, 1.165) is 20.8 Å². The van der Waals surface area contributed by atoms with Crippen molar-refractivity contribution in [3.05, 3.63) is 0 Å². The normalized spacial score (nSPS) is 45.0. The molecule has 596 valence electrons. The molecule has 7 aliphatic rings. The molecule has 39 unspecified atom stereocenters. The minimum absolute atomic E-state index is 0.225. The fourth-order valence-electron chi connectivity index (χ4n) is 12.7. The lowest BCUT2D eigenvalue weighted by atomic mass is 9.88. The molecule has 0 saturated carbocycles. The molecule has 103 heavy (non-hydrogen) atoms. The van der Waals surface area contributed by atoms with E-state index in [9.17, 15) is 147 Å². The minimum atomic E-state index is -3.07. The number of ether oxygens (including phenoxy) is 14. The van der Waals surface area contributed by atoms with Gasteiger partial charge in [-0.25, -0.2) is 4.79 Å². The Balaban J connectivity index is 1.19. The van der Waals surface area contributed by atoms with Crippen molar-refractivity contribution in [2.45, 2.75) is 279 Å². The van der Waals surface area contributed by atoms with E-state index in [2.05, 4.69) is 16.0 Å². The number of carboxylic acid groups (broad SMARTS) is 1. The third kappa shape index (κ3) is 19.6. The van der Waals surface area contributed by atoms with Gasteiger partial charge in [-0.05, 0) is 6.92 Å². The Labute approximate surface area is 582 Å². The largest absolute Gasteiger partial charge is 0.477 e. The number of nitrogens with one attached hydrogen (secondary N) is 3. The summed E-state index contributed by atoms with van der Waals surface area (Å²) in [6, 6.07) is -5.61. The van der Waals surface area contributed by atoms with Gasteiger partial charge in [-0.15, -0.1) is 0 Å². The number of aliphatic hydroxyl groups is 23. The Morgan fingerprint density at radius 2 is 0.932 bits per heavy atom. The van der Waals surface area contributed by atoms with Crippen LogP contribution in [-0.2, 0) is 90.3 Å². The van der Waals surface area contributed by atoms with E-state index in [1.807, 2.05) is 0 Å². The molecule has 0 spiro atoms. The first-order valence-electron chi connectivity index (χ1n) is 32.4. The topological polar surface area (TPSA) is 736 Å². The van der Waals surface area contributed by atoms with Crippen molar-refractivity contribution in [1.29, 1.82) is 0 Å². The van der Waals surface area contributed by atoms with Gasteiger partial charge in [0.25, 0.3) is 5.79 Å². The van der Waals surface area contributed by atoms with Crippen LogP contribution in [0.4, 0.5) is 0 Å². The van der Waals surface area contributed by atoms with Gasteiger partial charge in [0.1, 0.15) is 183 Å². The number of rotatable bonds is 31. The average molecular weight is 1510 g/mol. The van der Waals surface area contributed by atoms with Crippen molar-refractivity contribution < 1.29 is 213 Å². The van der Waals surface area contributed by atoms with Crippen molar-refractivity contribution in [3.8, 4) is 0 Å². The van der Waals surface area contributed by atoms with E-state index in [0.29, 0.717) is 0 Å². The van der Waals surface area contributed by atoms with Gasteiger partial charge >= 0.3 is 5.97 Å². The first-order chi connectivity index (χ1) is 48.4. The quantitative estimate of drug-likeness (QED) is 0.0287. The van der Waals surface area contributed by atoms with E-state index in [4.69, 9.17) is 66.3 Å². The highest BCUT2D eigenvalue weighted by Crippen LogP contribution is 2.39. The lowest BCUT2D eigenvalue weighted by Crippen LogP contribution is -2.70. The Hall–Kier alpha value is -3.93. The number of aliphatic carboxylic acids is 1. The lowest BCUT2D eigenvalue weighted by molar-refractivity contribution is -0.383. The van der Waals surface area contributed by atoms with E-state index in [1.165, 1.54) is 6.92 Å². The fraction of sp³-hybridized carbons (Fsp3) is 0.912. The van der Waals surface area contributed by atoms with E-state index < -0.39 is 321 Å². The maximum absolute atomic E-state index is 13.2. The van der Waals surface area contributed by atoms with Crippen molar-refractivity contribution in [3.63, 3.8) is 0 Å². The average Bonchev–Trinajstić information content (AvgIpc) is 0.770. The van der Waals surface area contributed by atoms with Gasteiger partial charge < -0.3 is 210 Å². The Kier molecular flexibility index (Phi) is 31.4. The van der Waals surface area contributed by atoms with E-state index >= 15 is 0 Å². The number of hydrogen-bond donors (Lipinski definition) is 27. The molecule has 40 atom stereocenters. The molecular formula is C57H95N3O43. The van der Waals surface area contributed by atoms with E-state index in [-0.39, 0.29) is 6.29 Å². The summed E-state index contributed by atoms with van der Waals surface area (Å²) in [5, 5.41) is 268. The van der Waals surface area contributed by atoms with Gasteiger partial charge in [-0.1, -0.05) is 0 Å². The molecular weight excluding hydrogens is 1410 g/mol. The number of carboxylic acids is 1. The van der Waals surface area contributed by atoms with Crippen LogP contribution in [0.5, 0.6) is 0 Å². The zero-order valence-electron chi connectivity index (χ0n) is 55.2. The minimum Gasteiger partial charge on any atom is -0.477 e. The van der Waals surface area contributed by atoms with Crippen LogP contribution in [0.1, 0.15) is 34.1 Å². The number of amides is 3. The van der Waals surface area contributed by atoms with Gasteiger partial charge in [0.05, 0.1) is 64.5 Å². The molecule has 7 fully saturated rings. The second-order valence-electron chi connectivity index (χ2n) is 25.7. The highest BCUT2D eigenvalue weighted by molar-refractivity contribution is 5.77. The molecule has 7 rings (SSSR count). The van der Waals surface area contributed by atoms with Gasteiger partial charge in [0.2, 0.25) is 17.7 Å². The molecule has 0 radical (unpaired) electrons. The van der Waals surface area contributed by atoms with Gasteiger partial charge in [-0.3, -0.25) is 14.4 Å². The van der Waals surface area contributed by atoms with Crippen LogP contribution in [0.2, 0.25) is 0 Å². The monoisotopic (exact) mass is 1510 g/mol. The molecule has 46 heteroatoms. The Morgan fingerprint density at radius 3 is 1.48 bits per heavy atom. The maximum atomic E-state index is 13.2. The van der Waals surface area contributed by atoms with Crippen molar-refractivity contribution in [2.24, 2.45) is 0 Å². The molecule has 3 amide bonds. The molecule has 7 heterocycles. The van der Waals surface area contributed by atoms with Crippen LogP contribution >= 0.6 is 0 Å². The highest BCUT2D eigenvalue weighted by atomic mass is 16.8. The summed E-state index contributed by atoms with van der Waals surface area (Å²) in [6.45, 7) is -4.14. The first-order valence-corrected chi connectivity index (χ1v) is 32.4. The summed E-state index contributed by atoms with van der Waals surface area (Å²) in [6.07, 6.45) is -77.9. The van der Waals surface area contributed by atoms with Crippen LogP contribution in [0.25, 0.3) is 0 Å². The van der Waals surface area contributed by atoms with Crippen molar-refractivity contribution in [1.82, 2.24) is 16.0 Å². The number of carbonyl (C=O) groups is 5. The smallest absolute Gasteiger partial charge is 0.364 e. The molecule has 27 N–H and O–H groups in total. The molecule has 0 aromatic heterocycles. The zero-order chi connectivity index (χ0) is 76.7. The molecule has 0 bridgehead atoms. The predicted octanol–water partition coefficient (Wildman–Crippen LogP) is -17.9. The summed E-state index contributed by atoms with van der Waals surface area (Å²) >= 11 is 0.